The highest BCUT2D eigenvalue weighted by Gasteiger charge is 2.25. The van der Waals surface area contributed by atoms with Crippen LogP contribution in [0.1, 0.15) is 12.0 Å². The molecule has 2 aliphatic rings. The van der Waals surface area contributed by atoms with Crippen LogP contribution < -0.4 is 14.2 Å². The zero-order chi connectivity index (χ0) is 15.5. The molecule has 2 aliphatic heterocycles. The number of hydrogen-bond acceptors (Lipinski definition) is 6. The van der Waals surface area contributed by atoms with E-state index in [2.05, 4.69) is 16.8 Å². The van der Waals surface area contributed by atoms with E-state index in [1.54, 1.807) is 7.11 Å². The van der Waals surface area contributed by atoms with Crippen molar-refractivity contribution in [2.75, 3.05) is 47.2 Å². The minimum absolute atomic E-state index is 0.237. The van der Waals surface area contributed by atoms with Gasteiger partial charge in [-0.25, -0.2) is 0 Å². The summed E-state index contributed by atoms with van der Waals surface area (Å²) in [6.07, 6.45) is 0.817. The maximum atomic E-state index is 9.19. The van der Waals surface area contributed by atoms with Crippen molar-refractivity contribution in [2.45, 2.75) is 19.0 Å². The van der Waals surface area contributed by atoms with Gasteiger partial charge in [0.15, 0.2) is 11.5 Å². The number of benzene rings is 1. The van der Waals surface area contributed by atoms with Crippen molar-refractivity contribution in [3.8, 4) is 17.2 Å². The summed E-state index contributed by atoms with van der Waals surface area (Å²) < 4.78 is 16.3. The van der Waals surface area contributed by atoms with Crippen molar-refractivity contribution >= 4 is 0 Å². The molecule has 0 amide bonds. The summed E-state index contributed by atoms with van der Waals surface area (Å²) in [4.78, 5) is 4.74. The Bertz CT molecular complexity index is 523. The second kappa shape index (κ2) is 6.73. The van der Waals surface area contributed by atoms with Gasteiger partial charge < -0.3 is 24.2 Å². The lowest BCUT2D eigenvalue weighted by Crippen LogP contribution is -2.51. The lowest BCUT2D eigenvalue weighted by molar-refractivity contribution is 0.0742. The monoisotopic (exact) mass is 308 g/mol. The van der Waals surface area contributed by atoms with Gasteiger partial charge in [0.2, 0.25) is 12.5 Å². The number of aliphatic hydroxyl groups excluding tert-OH is 1. The minimum Gasteiger partial charge on any atom is -0.493 e. The number of methoxy groups -OCH3 is 1. The van der Waals surface area contributed by atoms with Crippen LogP contribution in [0.5, 0.6) is 17.2 Å². The largest absolute Gasteiger partial charge is 0.493 e. The number of nitrogens with zero attached hydrogens (tertiary/aromatic N) is 2. The average molecular weight is 308 g/mol. The Morgan fingerprint density at radius 2 is 2.18 bits per heavy atom. The smallest absolute Gasteiger partial charge is 0.231 e. The van der Waals surface area contributed by atoms with Crippen molar-refractivity contribution in [1.82, 2.24) is 9.80 Å². The van der Waals surface area contributed by atoms with Crippen LogP contribution in [0.4, 0.5) is 0 Å². The van der Waals surface area contributed by atoms with Crippen molar-refractivity contribution in [1.29, 1.82) is 0 Å². The highest BCUT2D eigenvalue weighted by molar-refractivity contribution is 5.55. The van der Waals surface area contributed by atoms with Gasteiger partial charge in [-0.2, -0.15) is 0 Å². The minimum atomic E-state index is 0.237. The van der Waals surface area contributed by atoms with E-state index < -0.39 is 0 Å². The van der Waals surface area contributed by atoms with Crippen LogP contribution in [0.15, 0.2) is 12.1 Å². The normalized spacial score (nSPS) is 22.0. The van der Waals surface area contributed by atoms with E-state index in [1.165, 1.54) is 0 Å². The third-order valence-electron chi connectivity index (χ3n) is 4.45. The molecule has 0 spiro atoms. The fraction of sp³-hybridized carbons (Fsp3) is 0.625. The maximum Gasteiger partial charge on any atom is 0.231 e. The second-order valence-corrected chi connectivity index (χ2v) is 5.91. The van der Waals surface area contributed by atoms with Gasteiger partial charge in [0.05, 0.1) is 7.11 Å². The zero-order valence-electron chi connectivity index (χ0n) is 13.2. The standard InChI is InChI=1S/C16H24N2O4/c1-17-4-5-18(10-13(17)3-6-19)9-12-7-14(20-2)16-15(8-12)21-11-22-16/h7-8,13,19H,3-6,9-11H2,1-2H3/t13-/m1/s1. The van der Waals surface area contributed by atoms with E-state index in [4.69, 9.17) is 14.2 Å². The summed E-state index contributed by atoms with van der Waals surface area (Å²) in [6.45, 7) is 4.35. The Morgan fingerprint density at radius 3 is 2.95 bits per heavy atom. The molecule has 0 aromatic heterocycles. The van der Waals surface area contributed by atoms with Crippen LogP contribution in [0.3, 0.4) is 0 Å². The molecule has 3 rings (SSSR count). The Morgan fingerprint density at radius 1 is 1.32 bits per heavy atom. The molecule has 122 valence electrons. The van der Waals surface area contributed by atoms with Crippen molar-refractivity contribution in [3.63, 3.8) is 0 Å². The number of fused-ring (bicyclic) bond motifs is 1. The first-order valence-electron chi connectivity index (χ1n) is 7.71. The Labute approximate surface area is 131 Å². The molecule has 1 fully saturated rings. The fourth-order valence-corrected chi connectivity index (χ4v) is 3.15. The fourth-order valence-electron chi connectivity index (χ4n) is 3.15. The molecular formula is C16H24N2O4. The highest BCUT2D eigenvalue weighted by atomic mass is 16.7. The molecule has 2 heterocycles. The van der Waals surface area contributed by atoms with Gasteiger partial charge >= 0.3 is 0 Å². The molecule has 0 unspecified atom stereocenters. The number of hydrogen-bond donors (Lipinski definition) is 1. The molecular weight excluding hydrogens is 284 g/mol. The van der Waals surface area contributed by atoms with Crippen molar-refractivity contribution < 1.29 is 19.3 Å². The van der Waals surface area contributed by atoms with Gasteiger partial charge in [0, 0.05) is 38.8 Å². The molecule has 1 atom stereocenters. The van der Waals surface area contributed by atoms with Gasteiger partial charge in [-0.3, -0.25) is 4.90 Å². The first-order valence-corrected chi connectivity index (χ1v) is 7.71. The van der Waals surface area contributed by atoms with Crippen LogP contribution >= 0.6 is 0 Å². The molecule has 0 bridgehead atoms. The summed E-state index contributed by atoms with van der Waals surface area (Å²) >= 11 is 0. The Hall–Kier alpha value is -1.50. The molecule has 1 aromatic rings. The van der Waals surface area contributed by atoms with Gasteiger partial charge in [-0.15, -0.1) is 0 Å². The number of rotatable bonds is 5. The van der Waals surface area contributed by atoms with E-state index in [0.717, 1.165) is 49.7 Å². The Kier molecular flexibility index (Phi) is 4.71. The number of ether oxygens (including phenoxy) is 3. The first kappa shape index (κ1) is 15.4. The van der Waals surface area contributed by atoms with E-state index in [1.807, 2.05) is 12.1 Å². The summed E-state index contributed by atoms with van der Waals surface area (Å²) in [5.74, 6) is 2.18. The number of likely N-dealkylation sites (N-methyl/N-ethyl adjacent to an activating group) is 1. The van der Waals surface area contributed by atoms with Crippen molar-refractivity contribution in [2.24, 2.45) is 0 Å². The van der Waals surface area contributed by atoms with Crippen LogP contribution in [0, 0.1) is 0 Å². The molecule has 22 heavy (non-hydrogen) atoms. The first-order chi connectivity index (χ1) is 10.7. The van der Waals surface area contributed by atoms with Crippen LogP contribution in [0.25, 0.3) is 0 Å². The van der Waals surface area contributed by atoms with Gasteiger partial charge in [0.25, 0.3) is 0 Å². The van der Waals surface area contributed by atoms with Crippen LogP contribution in [-0.2, 0) is 6.54 Å². The van der Waals surface area contributed by atoms with E-state index in [-0.39, 0.29) is 13.4 Å². The summed E-state index contributed by atoms with van der Waals surface area (Å²) in [7, 11) is 3.77. The summed E-state index contributed by atoms with van der Waals surface area (Å²) in [6, 6.07) is 4.46. The SMILES string of the molecule is COc1cc(CN2CCN(C)[C@H](CCO)C2)cc2c1OCO2. The quantitative estimate of drug-likeness (QED) is 0.873. The zero-order valence-corrected chi connectivity index (χ0v) is 13.2. The summed E-state index contributed by atoms with van der Waals surface area (Å²) in [5, 5.41) is 9.19. The molecule has 6 nitrogen and oxygen atoms in total. The predicted molar refractivity (Wildman–Crippen MR) is 82.5 cm³/mol. The maximum absolute atomic E-state index is 9.19. The number of piperazine rings is 1. The van der Waals surface area contributed by atoms with E-state index >= 15 is 0 Å². The van der Waals surface area contributed by atoms with Crippen molar-refractivity contribution in [3.05, 3.63) is 17.7 Å². The molecule has 1 N–H and O–H groups in total. The van der Waals surface area contributed by atoms with Gasteiger partial charge in [-0.1, -0.05) is 0 Å². The predicted octanol–water partition coefficient (Wildman–Crippen LogP) is 0.922. The third-order valence-corrected chi connectivity index (χ3v) is 4.45. The average Bonchev–Trinajstić information content (AvgIpc) is 2.98. The lowest BCUT2D eigenvalue weighted by atomic mass is 10.1. The third kappa shape index (κ3) is 3.14. The summed E-state index contributed by atoms with van der Waals surface area (Å²) in [5.41, 5.74) is 1.16. The Balaban J connectivity index is 1.70. The van der Waals surface area contributed by atoms with Gasteiger partial charge in [0.1, 0.15) is 0 Å². The van der Waals surface area contributed by atoms with E-state index in [9.17, 15) is 5.11 Å². The topological polar surface area (TPSA) is 54.4 Å². The van der Waals surface area contributed by atoms with Gasteiger partial charge in [-0.05, 0) is 31.2 Å². The van der Waals surface area contributed by atoms with Crippen LogP contribution in [0.2, 0.25) is 0 Å². The molecule has 0 saturated carbocycles. The molecule has 0 aliphatic carbocycles. The highest BCUT2D eigenvalue weighted by Crippen LogP contribution is 2.42. The molecule has 1 aromatic carbocycles. The van der Waals surface area contributed by atoms with Crippen LogP contribution in [-0.4, -0.2) is 68.1 Å². The molecule has 0 radical (unpaired) electrons. The molecule has 6 heteroatoms. The van der Waals surface area contributed by atoms with E-state index in [0.29, 0.717) is 11.8 Å². The second-order valence-electron chi connectivity index (χ2n) is 5.91. The number of aliphatic hydroxyl groups is 1. The lowest BCUT2D eigenvalue weighted by Gasteiger charge is -2.39. The molecule has 1 saturated heterocycles.